The Balaban J connectivity index is 1.25. The summed E-state index contributed by atoms with van der Waals surface area (Å²) in [4.78, 5) is 41.2. The predicted molar refractivity (Wildman–Crippen MR) is 187 cm³/mol. The van der Waals surface area contributed by atoms with Crippen LogP contribution in [0.15, 0.2) is 53.9 Å². The van der Waals surface area contributed by atoms with Crippen molar-refractivity contribution in [2.75, 3.05) is 37.9 Å². The molecular weight excluding hydrogens is 698 g/mol. The van der Waals surface area contributed by atoms with Crippen molar-refractivity contribution >= 4 is 45.6 Å². The summed E-state index contributed by atoms with van der Waals surface area (Å²) in [5.41, 5.74) is 2.41. The van der Waals surface area contributed by atoms with Crippen LogP contribution in [0, 0.1) is 24.4 Å². The highest BCUT2D eigenvalue weighted by Crippen LogP contribution is 2.36. The molecular formula is C35H33F3N10O3S. The van der Waals surface area contributed by atoms with E-state index in [0.717, 1.165) is 12.1 Å². The summed E-state index contributed by atoms with van der Waals surface area (Å²) in [5.74, 6) is -1.14. The molecule has 1 amide bonds. The summed E-state index contributed by atoms with van der Waals surface area (Å²) in [7, 11) is 1.73. The number of aromatic nitrogens is 8. The molecule has 8 rings (SSSR count). The van der Waals surface area contributed by atoms with E-state index in [4.69, 9.17) is 19.4 Å². The number of nitrogens with zero attached hydrogens (tertiary/aromatic N) is 10. The van der Waals surface area contributed by atoms with Crippen LogP contribution in [-0.4, -0.2) is 101 Å². The van der Waals surface area contributed by atoms with Gasteiger partial charge in [0, 0.05) is 50.5 Å². The minimum absolute atomic E-state index is 0.00962. The number of amides is 1. The monoisotopic (exact) mass is 730 g/mol. The van der Waals surface area contributed by atoms with Gasteiger partial charge in [0.05, 0.1) is 47.5 Å². The Morgan fingerprint density at radius 3 is 2.65 bits per heavy atom. The van der Waals surface area contributed by atoms with E-state index in [1.54, 1.807) is 30.5 Å². The first-order chi connectivity index (χ1) is 25.1. The van der Waals surface area contributed by atoms with Crippen molar-refractivity contribution in [3.63, 3.8) is 0 Å². The number of likely N-dealkylation sites (N-methyl/N-ethyl adjacent to an activating group) is 1. The first kappa shape index (κ1) is 33.8. The number of halogens is 3. The zero-order valence-corrected chi connectivity index (χ0v) is 29.4. The Bertz CT molecular complexity index is 2350. The van der Waals surface area contributed by atoms with Gasteiger partial charge in [-0.15, -0.1) is 0 Å². The van der Waals surface area contributed by atoms with Crippen LogP contribution in [0.25, 0.3) is 39.0 Å². The van der Waals surface area contributed by atoms with Crippen molar-refractivity contribution < 1.29 is 27.4 Å². The Hall–Kier alpha value is -5.29. The van der Waals surface area contributed by atoms with Gasteiger partial charge in [-0.2, -0.15) is 10.1 Å². The van der Waals surface area contributed by atoms with E-state index >= 15 is 4.39 Å². The molecule has 4 aromatic heterocycles. The molecule has 2 aliphatic heterocycles. The second-order valence-corrected chi connectivity index (χ2v) is 13.5. The van der Waals surface area contributed by atoms with Gasteiger partial charge >= 0.3 is 6.01 Å². The van der Waals surface area contributed by atoms with Gasteiger partial charge in [-0.3, -0.25) is 4.79 Å². The lowest BCUT2D eigenvalue weighted by atomic mass is 10.1. The lowest BCUT2D eigenvalue weighted by Crippen LogP contribution is -2.47. The van der Waals surface area contributed by atoms with Crippen molar-refractivity contribution in [3.8, 4) is 23.0 Å². The van der Waals surface area contributed by atoms with Crippen molar-refractivity contribution in [1.82, 2.24) is 44.2 Å². The molecule has 0 spiro atoms. The molecule has 6 heterocycles. The number of hydrogen-bond acceptors (Lipinski definition) is 11. The fraction of sp³-hybridized carbons (Fsp3) is 0.343. The summed E-state index contributed by atoms with van der Waals surface area (Å²) in [6.45, 7) is 4.91. The number of aryl methyl sites for hydroxylation is 1. The summed E-state index contributed by atoms with van der Waals surface area (Å²) >= 11 is 1.27. The molecule has 0 aliphatic carbocycles. The van der Waals surface area contributed by atoms with Gasteiger partial charge in [0.25, 0.3) is 0 Å². The molecule has 2 aromatic carbocycles. The fourth-order valence-corrected chi connectivity index (χ4v) is 7.44. The van der Waals surface area contributed by atoms with Crippen LogP contribution in [0.3, 0.4) is 0 Å². The number of carbonyl (C=O) groups excluding carboxylic acids is 1. The topological polar surface area (TPSA) is 129 Å². The second kappa shape index (κ2) is 13.4. The van der Waals surface area contributed by atoms with E-state index < -0.39 is 35.7 Å². The molecule has 268 valence electrons. The molecule has 0 N–H and O–H groups in total. The van der Waals surface area contributed by atoms with E-state index in [9.17, 15) is 13.6 Å². The molecule has 0 unspecified atom stereocenters. The van der Waals surface area contributed by atoms with Gasteiger partial charge in [-0.25, -0.2) is 37.8 Å². The maximum absolute atomic E-state index is 15.0. The van der Waals surface area contributed by atoms with Crippen molar-refractivity contribution in [1.29, 1.82) is 0 Å². The maximum Gasteiger partial charge on any atom is 0.317 e. The summed E-state index contributed by atoms with van der Waals surface area (Å²) in [6, 6.07) is 7.03. The Morgan fingerprint density at radius 1 is 1.02 bits per heavy atom. The lowest BCUT2D eigenvalue weighted by molar-refractivity contribution is -0.133. The van der Waals surface area contributed by atoms with E-state index in [1.807, 2.05) is 23.3 Å². The van der Waals surface area contributed by atoms with Crippen LogP contribution in [0.4, 0.5) is 19.0 Å². The molecule has 2 aliphatic rings. The number of rotatable bonds is 5. The highest BCUT2D eigenvalue weighted by molar-refractivity contribution is 7.98. The molecule has 1 fully saturated rings. The Morgan fingerprint density at radius 2 is 1.87 bits per heavy atom. The van der Waals surface area contributed by atoms with Gasteiger partial charge in [0.15, 0.2) is 16.6 Å². The molecule has 6 aromatic rings. The van der Waals surface area contributed by atoms with Crippen LogP contribution in [0.2, 0.25) is 0 Å². The first-order valence-corrected chi connectivity index (χ1v) is 17.9. The number of ether oxygens (including phenoxy) is 2. The SMILES string of the molecule is CCO[C@H]1CN(C)C(=O)[C@@H]2C[C@@H](CN2c2nc(SC)nc3c2cnn3-c2ccc(F)cc2F)Oc2nccc(n2)-c2cc(F)cc3nc(C)n(c23)C1. The van der Waals surface area contributed by atoms with E-state index in [1.165, 1.54) is 40.8 Å². The number of benzene rings is 2. The zero-order valence-electron chi connectivity index (χ0n) is 28.6. The van der Waals surface area contributed by atoms with Crippen LogP contribution in [0.5, 0.6) is 6.01 Å². The van der Waals surface area contributed by atoms with Gasteiger partial charge in [0.2, 0.25) is 5.91 Å². The molecule has 0 saturated carbocycles. The summed E-state index contributed by atoms with van der Waals surface area (Å²) < 4.78 is 59.6. The summed E-state index contributed by atoms with van der Waals surface area (Å²) in [5, 5.41) is 5.23. The lowest BCUT2D eigenvalue weighted by Gasteiger charge is -2.31. The third-order valence-electron chi connectivity index (χ3n) is 9.35. The number of fused-ring (bicyclic) bond motifs is 6. The highest BCUT2D eigenvalue weighted by Gasteiger charge is 2.42. The Kier molecular flexibility index (Phi) is 8.69. The van der Waals surface area contributed by atoms with E-state index in [-0.39, 0.29) is 42.8 Å². The smallest absolute Gasteiger partial charge is 0.317 e. The van der Waals surface area contributed by atoms with Crippen LogP contribution >= 0.6 is 11.8 Å². The van der Waals surface area contributed by atoms with E-state index in [0.29, 0.717) is 57.6 Å². The number of carbonyl (C=O) groups is 1. The molecule has 4 bridgehead atoms. The predicted octanol–water partition coefficient (Wildman–Crippen LogP) is 4.97. The van der Waals surface area contributed by atoms with Crippen LogP contribution in [0.1, 0.15) is 19.2 Å². The van der Waals surface area contributed by atoms with Gasteiger partial charge in [-0.05, 0) is 44.4 Å². The minimum Gasteiger partial charge on any atom is -0.458 e. The standard InChI is InChI=1S/C35H33F3N10O3S/c1-5-50-22-15-45(3)33(49)29-13-21(51-34-39-9-8-26(42-34)23-10-20(37)12-27-30(23)46(17-22)18(2)41-27)16-47(29)31-24-14-40-48(32(24)44-35(43-31)52-4)28-7-6-19(36)11-25(28)38/h6-12,14,21-22,29H,5,13,15-17H2,1-4H3/t21-,22-,29-/m0/s1. The van der Waals surface area contributed by atoms with Crippen molar-refractivity contribution in [3.05, 3.63) is 72.1 Å². The molecule has 17 heteroatoms. The largest absolute Gasteiger partial charge is 0.458 e. The Labute approximate surface area is 299 Å². The third kappa shape index (κ3) is 5.96. The second-order valence-electron chi connectivity index (χ2n) is 12.7. The molecule has 52 heavy (non-hydrogen) atoms. The third-order valence-corrected chi connectivity index (χ3v) is 9.90. The van der Waals surface area contributed by atoms with E-state index in [2.05, 4.69) is 20.1 Å². The molecule has 1 saturated heterocycles. The average Bonchev–Trinajstić information content (AvgIpc) is 3.82. The number of thioether (sulfide) groups is 1. The van der Waals surface area contributed by atoms with Gasteiger partial charge < -0.3 is 23.8 Å². The highest BCUT2D eigenvalue weighted by atomic mass is 32.2. The molecule has 13 nitrogen and oxygen atoms in total. The molecule has 0 radical (unpaired) electrons. The zero-order chi connectivity index (χ0) is 36.3. The van der Waals surface area contributed by atoms with Crippen LogP contribution in [-0.2, 0) is 16.1 Å². The normalized spacial score (nSPS) is 19.3. The first-order valence-electron chi connectivity index (χ1n) is 16.7. The fourth-order valence-electron chi connectivity index (χ4n) is 7.08. The minimum atomic E-state index is -0.809. The van der Waals surface area contributed by atoms with Gasteiger partial charge in [-0.1, -0.05) is 11.8 Å². The van der Waals surface area contributed by atoms with Crippen molar-refractivity contribution in [2.24, 2.45) is 0 Å². The quantitative estimate of drug-likeness (QED) is 0.176. The summed E-state index contributed by atoms with van der Waals surface area (Å²) in [6.07, 6.45) is 4.10. The number of imidazole rings is 1. The van der Waals surface area contributed by atoms with Crippen molar-refractivity contribution in [2.45, 2.75) is 50.2 Å². The number of hydrogen-bond donors (Lipinski definition) is 0. The average molecular weight is 731 g/mol. The number of anilines is 1. The molecule has 3 atom stereocenters. The maximum atomic E-state index is 15.0. The van der Waals surface area contributed by atoms with Crippen LogP contribution < -0.4 is 9.64 Å². The van der Waals surface area contributed by atoms with Gasteiger partial charge in [0.1, 0.15) is 41.1 Å².